The first-order chi connectivity index (χ1) is 10.2. The second kappa shape index (κ2) is 15.3. The Hall–Kier alpha value is -1.09. The number of carboxylic acid groups (broad SMARTS) is 1. The summed E-state index contributed by atoms with van der Waals surface area (Å²) in [5, 5.41) is 18.2. The Labute approximate surface area is 129 Å². The van der Waals surface area contributed by atoms with Gasteiger partial charge >= 0.3 is 5.97 Å². The van der Waals surface area contributed by atoms with Gasteiger partial charge in [-0.15, -0.1) is 0 Å². The van der Waals surface area contributed by atoms with E-state index in [9.17, 15) is 9.90 Å². The number of allylic oxidation sites excluding steroid dienone is 3. The molecule has 21 heavy (non-hydrogen) atoms. The van der Waals surface area contributed by atoms with E-state index in [0.29, 0.717) is 0 Å². The lowest BCUT2D eigenvalue weighted by molar-refractivity contribution is -0.131. The van der Waals surface area contributed by atoms with Crippen LogP contribution in [0.3, 0.4) is 0 Å². The molecule has 0 saturated carbocycles. The zero-order chi connectivity index (χ0) is 15.8. The maximum absolute atomic E-state index is 10.2. The molecule has 0 amide bonds. The standard InChI is InChI=1S/C18H32O3/c1-2-3-4-5-6-8-11-14-17(19)15-12-9-7-10-13-16-18(20)21/h7,10,13,16-17,19H,2-6,8-9,11-12,14-15H2,1H3,(H,20,21). The average molecular weight is 296 g/mol. The van der Waals surface area contributed by atoms with Crippen molar-refractivity contribution in [3.05, 3.63) is 24.3 Å². The number of carbonyl (C=O) groups is 1. The highest BCUT2D eigenvalue weighted by molar-refractivity contribution is 5.80. The zero-order valence-corrected chi connectivity index (χ0v) is 13.5. The largest absolute Gasteiger partial charge is 0.478 e. The minimum absolute atomic E-state index is 0.177. The normalized spacial score (nSPS) is 13.2. The van der Waals surface area contributed by atoms with Crippen molar-refractivity contribution in [3.63, 3.8) is 0 Å². The first kappa shape index (κ1) is 19.9. The Morgan fingerprint density at radius 2 is 1.57 bits per heavy atom. The molecular formula is C18H32O3. The number of hydrogen-bond acceptors (Lipinski definition) is 2. The van der Waals surface area contributed by atoms with Crippen LogP contribution in [0.1, 0.15) is 77.6 Å². The van der Waals surface area contributed by atoms with Crippen LogP contribution < -0.4 is 0 Å². The molecule has 3 heteroatoms. The van der Waals surface area contributed by atoms with Gasteiger partial charge in [0.15, 0.2) is 0 Å². The molecule has 0 rings (SSSR count). The van der Waals surface area contributed by atoms with Gasteiger partial charge in [0, 0.05) is 6.08 Å². The van der Waals surface area contributed by atoms with Crippen LogP contribution >= 0.6 is 0 Å². The van der Waals surface area contributed by atoms with Crippen molar-refractivity contribution in [2.45, 2.75) is 83.7 Å². The van der Waals surface area contributed by atoms with E-state index in [1.54, 1.807) is 6.08 Å². The van der Waals surface area contributed by atoms with Crippen molar-refractivity contribution >= 4 is 5.97 Å². The lowest BCUT2D eigenvalue weighted by atomic mass is 10.0. The van der Waals surface area contributed by atoms with Gasteiger partial charge in [-0.2, -0.15) is 0 Å². The Kier molecular flexibility index (Phi) is 14.5. The highest BCUT2D eigenvalue weighted by Crippen LogP contribution is 2.12. The Morgan fingerprint density at radius 1 is 0.952 bits per heavy atom. The van der Waals surface area contributed by atoms with Crippen LogP contribution in [0.2, 0.25) is 0 Å². The fourth-order valence-corrected chi connectivity index (χ4v) is 2.27. The van der Waals surface area contributed by atoms with Crippen molar-refractivity contribution in [1.29, 1.82) is 0 Å². The molecule has 2 N–H and O–H groups in total. The van der Waals surface area contributed by atoms with Crippen LogP contribution in [0, 0.1) is 0 Å². The van der Waals surface area contributed by atoms with E-state index in [1.807, 2.05) is 6.08 Å². The molecular weight excluding hydrogens is 264 g/mol. The van der Waals surface area contributed by atoms with Crippen LogP contribution in [-0.2, 0) is 4.79 Å². The van der Waals surface area contributed by atoms with Crippen molar-refractivity contribution in [3.8, 4) is 0 Å². The number of aliphatic hydroxyl groups excluding tert-OH is 1. The Balaban J connectivity index is 3.34. The van der Waals surface area contributed by atoms with E-state index >= 15 is 0 Å². The molecule has 0 aliphatic rings. The van der Waals surface area contributed by atoms with Gasteiger partial charge in [0.1, 0.15) is 0 Å². The molecule has 0 aliphatic carbocycles. The Morgan fingerprint density at radius 3 is 2.24 bits per heavy atom. The van der Waals surface area contributed by atoms with Gasteiger partial charge in [-0.05, 0) is 25.7 Å². The molecule has 0 aliphatic heterocycles. The van der Waals surface area contributed by atoms with E-state index in [0.717, 1.165) is 38.2 Å². The molecule has 0 aromatic rings. The summed E-state index contributed by atoms with van der Waals surface area (Å²) in [5.41, 5.74) is 0. The SMILES string of the molecule is CCCCCCCCCC(O)CCCC=CC=CC(=O)O. The van der Waals surface area contributed by atoms with Crippen molar-refractivity contribution in [2.75, 3.05) is 0 Å². The third kappa shape index (κ3) is 16.9. The van der Waals surface area contributed by atoms with E-state index < -0.39 is 5.97 Å². The fourth-order valence-electron chi connectivity index (χ4n) is 2.27. The zero-order valence-electron chi connectivity index (χ0n) is 13.5. The maximum atomic E-state index is 10.2. The van der Waals surface area contributed by atoms with E-state index in [-0.39, 0.29) is 6.10 Å². The van der Waals surface area contributed by atoms with Crippen molar-refractivity contribution < 1.29 is 15.0 Å². The summed E-state index contributed by atoms with van der Waals surface area (Å²) in [7, 11) is 0. The topological polar surface area (TPSA) is 57.5 Å². The second-order valence-electron chi connectivity index (χ2n) is 5.62. The number of aliphatic carboxylic acids is 1. The van der Waals surface area contributed by atoms with E-state index in [2.05, 4.69) is 6.92 Å². The Bertz CT molecular complexity index is 295. The molecule has 0 aromatic carbocycles. The molecule has 0 aromatic heterocycles. The number of unbranched alkanes of at least 4 members (excludes halogenated alkanes) is 7. The summed E-state index contributed by atoms with van der Waals surface area (Å²) in [6, 6.07) is 0. The number of rotatable bonds is 14. The van der Waals surface area contributed by atoms with E-state index in [1.165, 1.54) is 44.6 Å². The van der Waals surface area contributed by atoms with E-state index in [4.69, 9.17) is 5.11 Å². The quantitative estimate of drug-likeness (QED) is 0.273. The van der Waals surface area contributed by atoms with Crippen LogP contribution in [0.25, 0.3) is 0 Å². The molecule has 0 spiro atoms. The lowest BCUT2D eigenvalue weighted by Gasteiger charge is -2.09. The molecule has 0 bridgehead atoms. The van der Waals surface area contributed by atoms with Gasteiger partial charge in [0.25, 0.3) is 0 Å². The van der Waals surface area contributed by atoms with Crippen LogP contribution in [0.5, 0.6) is 0 Å². The highest BCUT2D eigenvalue weighted by Gasteiger charge is 2.02. The predicted octanol–water partition coefficient (Wildman–Crippen LogP) is 4.86. The lowest BCUT2D eigenvalue weighted by Crippen LogP contribution is -2.05. The van der Waals surface area contributed by atoms with Gasteiger partial charge in [-0.1, -0.05) is 70.1 Å². The summed E-state index contributed by atoms with van der Waals surface area (Å²) < 4.78 is 0. The highest BCUT2D eigenvalue weighted by atomic mass is 16.4. The second-order valence-corrected chi connectivity index (χ2v) is 5.62. The molecule has 0 heterocycles. The van der Waals surface area contributed by atoms with Crippen molar-refractivity contribution in [2.24, 2.45) is 0 Å². The first-order valence-corrected chi connectivity index (χ1v) is 8.41. The molecule has 0 fully saturated rings. The molecule has 122 valence electrons. The fraction of sp³-hybridized carbons (Fsp3) is 0.722. The minimum Gasteiger partial charge on any atom is -0.478 e. The minimum atomic E-state index is -0.926. The monoisotopic (exact) mass is 296 g/mol. The predicted molar refractivity (Wildman–Crippen MR) is 88.4 cm³/mol. The molecule has 1 atom stereocenters. The van der Waals surface area contributed by atoms with Gasteiger partial charge in [-0.3, -0.25) is 0 Å². The smallest absolute Gasteiger partial charge is 0.328 e. The molecule has 0 radical (unpaired) electrons. The molecule has 0 saturated heterocycles. The van der Waals surface area contributed by atoms with Crippen LogP contribution in [0.15, 0.2) is 24.3 Å². The van der Waals surface area contributed by atoms with Gasteiger partial charge in [-0.25, -0.2) is 4.79 Å². The number of hydrogen-bond donors (Lipinski definition) is 2. The number of aliphatic hydroxyl groups is 1. The third-order valence-electron chi connectivity index (χ3n) is 3.54. The molecule has 1 unspecified atom stereocenters. The van der Waals surface area contributed by atoms with Gasteiger partial charge in [0.05, 0.1) is 6.10 Å². The van der Waals surface area contributed by atoms with Crippen LogP contribution in [0.4, 0.5) is 0 Å². The average Bonchev–Trinajstić information content (AvgIpc) is 2.45. The summed E-state index contributed by atoms with van der Waals surface area (Å²) in [5.74, 6) is -0.926. The first-order valence-electron chi connectivity index (χ1n) is 8.41. The summed E-state index contributed by atoms with van der Waals surface area (Å²) in [4.78, 5) is 10.2. The summed E-state index contributed by atoms with van der Waals surface area (Å²) >= 11 is 0. The van der Waals surface area contributed by atoms with Crippen molar-refractivity contribution in [1.82, 2.24) is 0 Å². The number of carboxylic acids is 1. The van der Waals surface area contributed by atoms with Gasteiger partial charge in [0.2, 0.25) is 0 Å². The van der Waals surface area contributed by atoms with Crippen LogP contribution in [-0.4, -0.2) is 22.3 Å². The summed E-state index contributed by atoms with van der Waals surface area (Å²) in [6.45, 7) is 2.23. The molecule has 3 nitrogen and oxygen atoms in total. The third-order valence-corrected chi connectivity index (χ3v) is 3.54. The van der Waals surface area contributed by atoms with Gasteiger partial charge < -0.3 is 10.2 Å². The summed E-state index contributed by atoms with van der Waals surface area (Å²) in [6.07, 6.45) is 18.7. The maximum Gasteiger partial charge on any atom is 0.328 e.